The lowest BCUT2D eigenvalue weighted by Gasteiger charge is -2.27. The molecule has 2 saturated heterocycles. The minimum absolute atomic E-state index is 0.203. The van der Waals surface area contributed by atoms with Crippen LogP contribution in [0.1, 0.15) is 5.56 Å². The summed E-state index contributed by atoms with van der Waals surface area (Å²) in [5.74, 6) is -0.620. The highest BCUT2D eigenvalue weighted by Gasteiger charge is 2.37. The summed E-state index contributed by atoms with van der Waals surface area (Å²) in [6, 6.07) is 1.87. The molecule has 0 spiro atoms. The van der Waals surface area contributed by atoms with Crippen LogP contribution in [0.4, 0.5) is 4.79 Å². The predicted molar refractivity (Wildman–Crippen MR) is 84.4 cm³/mol. The fraction of sp³-hybridized carbons (Fsp3) is 0.357. The van der Waals surface area contributed by atoms with Gasteiger partial charge in [0.25, 0.3) is 11.1 Å². The molecule has 2 aliphatic heterocycles. The zero-order valence-electron chi connectivity index (χ0n) is 11.7. The topological polar surface area (TPSA) is 66.9 Å². The molecule has 0 unspecified atom stereocenters. The van der Waals surface area contributed by atoms with E-state index in [0.717, 1.165) is 22.2 Å². The Bertz CT molecular complexity index is 621. The van der Waals surface area contributed by atoms with Gasteiger partial charge in [-0.25, -0.2) is 0 Å². The first-order valence-corrected chi connectivity index (χ1v) is 8.54. The molecule has 0 aromatic carbocycles. The van der Waals surface area contributed by atoms with Crippen molar-refractivity contribution in [2.45, 2.75) is 0 Å². The van der Waals surface area contributed by atoms with Crippen LogP contribution in [0.3, 0.4) is 0 Å². The zero-order chi connectivity index (χ0) is 15.5. The molecular weight excluding hydrogens is 324 g/mol. The highest BCUT2D eigenvalue weighted by atomic mass is 32.2. The van der Waals surface area contributed by atoms with Gasteiger partial charge in [0.05, 0.1) is 18.1 Å². The Morgan fingerprint density at radius 3 is 2.77 bits per heavy atom. The first-order chi connectivity index (χ1) is 10.6. The lowest BCUT2D eigenvalue weighted by atomic mass is 10.3. The van der Waals surface area contributed by atoms with Crippen LogP contribution < -0.4 is 0 Å². The largest absolute Gasteiger partial charge is 0.378 e. The lowest BCUT2D eigenvalue weighted by molar-refractivity contribution is -0.139. The molecule has 3 heterocycles. The summed E-state index contributed by atoms with van der Waals surface area (Å²) in [5, 5.41) is 3.40. The number of thiophene rings is 1. The van der Waals surface area contributed by atoms with Gasteiger partial charge in [-0.3, -0.25) is 19.3 Å². The van der Waals surface area contributed by atoms with E-state index in [2.05, 4.69) is 0 Å². The second kappa shape index (κ2) is 6.64. The average molecular weight is 338 g/mol. The number of ether oxygens (including phenoxy) is 1. The van der Waals surface area contributed by atoms with Crippen LogP contribution in [0.25, 0.3) is 6.08 Å². The number of nitrogens with zero attached hydrogens (tertiary/aromatic N) is 2. The monoisotopic (exact) mass is 338 g/mol. The molecule has 2 fully saturated rings. The van der Waals surface area contributed by atoms with Gasteiger partial charge in [0.15, 0.2) is 0 Å². The quantitative estimate of drug-likeness (QED) is 0.784. The second-order valence-electron chi connectivity index (χ2n) is 4.82. The van der Waals surface area contributed by atoms with E-state index in [4.69, 9.17) is 4.74 Å². The molecule has 0 N–H and O–H groups in total. The van der Waals surface area contributed by atoms with Gasteiger partial charge in [0.2, 0.25) is 5.91 Å². The molecule has 6 nitrogen and oxygen atoms in total. The lowest BCUT2D eigenvalue weighted by Crippen LogP contribution is -2.46. The van der Waals surface area contributed by atoms with Crippen molar-refractivity contribution >= 4 is 46.2 Å². The molecule has 22 heavy (non-hydrogen) atoms. The minimum atomic E-state index is -0.400. The SMILES string of the molecule is O=C(CN1C(=O)S/C(=C/c2ccsc2)C1=O)N1CCOCC1. The highest BCUT2D eigenvalue weighted by Crippen LogP contribution is 2.32. The van der Waals surface area contributed by atoms with E-state index in [1.165, 1.54) is 11.3 Å². The van der Waals surface area contributed by atoms with Crippen molar-refractivity contribution < 1.29 is 19.1 Å². The number of rotatable bonds is 3. The standard InChI is InChI=1S/C14H14N2O4S2/c17-12(15-2-4-20-5-3-15)8-16-13(18)11(22-14(16)19)7-10-1-6-21-9-10/h1,6-7,9H,2-5,8H2/b11-7+. The first-order valence-electron chi connectivity index (χ1n) is 6.78. The van der Waals surface area contributed by atoms with E-state index in [1.54, 1.807) is 11.0 Å². The highest BCUT2D eigenvalue weighted by molar-refractivity contribution is 8.18. The molecule has 3 rings (SSSR count). The number of hydrogen-bond donors (Lipinski definition) is 0. The van der Waals surface area contributed by atoms with Crippen molar-refractivity contribution in [3.63, 3.8) is 0 Å². The van der Waals surface area contributed by atoms with E-state index in [9.17, 15) is 14.4 Å². The van der Waals surface area contributed by atoms with Gasteiger partial charge < -0.3 is 9.64 Å². The van der Waals surface area contributed by atoms with Crippen LogP contribution in [0.2, 0.25) is 0 Å². The predicted octanol–water partition coefficient (Wildman–Crippen LogP) is 1.64. The molecule has 3 amide bonds. The number of carbonyl (C=O) groups is 3. The van der Waals surface area contributed by atoms with Gasteiger partial charge in [0.1, 0.15) is 6.54 Å². The molecule has 0 bridgehead atoms. The van der Waals surface area contributed by atoms with Crippen LogP contribution in [0, 0.1) is 0 Å². The van der Waals surface area contributed by atoms with Crippen LogP contribution in [0.15, 0.2) is 21.7 Å². The van der Waals surface area contributed by atoms with Gasteiger partial charge in [-0.05, 0) is 40.2 Å². The molecule has 1 aromatic rings. The van der Waals surface area contributed by atoms with Crippen molar-refractivity contribution in [1.82, 2.24) is 9.80 Å². The van der Waals surface area contributed by atoms with Crippen LogP contribution in [-0.4, -0.2) is 59.7 Å². The molecule has 8 heteroatoms. The third kappa shape index (κ3) is 3.23. The summed E-state index contributed by atoms with van der Waals surface area (Å²) >= 11 is 2.40. The second-order valence-corrected chi connectivity index (χ2v) is 6.59. The Hall–Kier alpha value is -1.64. The van der Waals surface area contributed by atoms with Gasteiger partial charge in [-0.1, -0.05) is 0 Å². The molecule has 1 aromatic heterocycles. The summed E-state index contributed by atoms with van der Waals surface area (Å²) in [7, 11) is 0. The Morgan fingerprint density at radius 1 is 1.32 bits per heavy atom. The Balaban J connectivity index is 1.68. The van der Waals surface area contributed by atoms with Crippen molar-refractivity contribution in [1.29, 1.82) is 0 Å². The Labute approximate surface area is 135 Å². The van der Waals surface area contributed by atoms with Gasteiger partial charge >= 0.3 is 0 Å². The van der Waals surface area contributed by atoms with E-state index < -0.39 is 11.1 Å². The molecule has 0 saturated carbocycles. The van der Waals surface area contributed by atoms with Crippen LogP contribution >= 0.6 is 23.1 Å². The van der Waals surface area contributed by atoms with E-state index in [1.807, 2.05) is 16.8 Å². The van der Waals surface area contributed by atoms with Crippen molar-refractivity contribution in [3.05, 3.63) is 27.3 Å². The van der Waals surface area contributed by atoms with Crippen LogP contribution in [-0.2, 0) is 14.3 Å². The smallest absolute Gasteiger partial charge is 0.294 e. The van der Waals surface area contributed by atoms with Gasteiger partial charge in [-0.15, -0.1) is 0 Å². The van der Waals surface area contributed by atoms with E-state index in [-0.39, 0.29) is 12.5 Å². The minimum Gasteiger partial charge on any atom is -0.378 e. The molecule has 0 radical (unpaired) electrons. The van der Waals surface area contributed by atoms with Crippen LogP contribution in [0.5, 0.6) is 0 Å². The van der Waals surface area contributed by atoms with Gasteiger partial charge in [-0.2, -0.15) is 11.3 Å². The van der Waals surface area contributed by atoms with Crippen molar-refractivity contribution in [2.24, 2.45) is 0 Å². The summed E-state index contributed by atoms with van der Waals surface area (Å²) in [6.45, 7) is 1.78. The van der Waals surface area contributed by atoms with E-state index >= 15 is 0 Å². The summed E-state index contributed by atoms with van der Waals surface area (Å²) in [6.07, 6.45) is 1.68. The van der Waals surface area contributed by atoms with Gasteiger partial charge in [0, 0.05) is 13.1 Å². The summed E-state index contributed by atoms with van der Waals surface area (Å²) in [5.41, 5.74) is 0.884. The fourth-order valence-electron chi connectivity index (χ4n) is 2.19. The molecule has 2 aliphatic rings. The molecule has 116 valence electrons. The fourth-order valence-corrected chi connectivity index (χ4v) is 3.65. The normalized spacial score (nSPS) is 21.0. The third-order valence-electron chi connectivity index (χ3n) is 3.37. The maximum absolute atomic E-state index is 12.3. The molecular formula is C14H14N2O4S2. The molecule has 0 atom stereocenters. The van der Waals surface area contributed by atoms with Crippen molar-refractivity contribution in [2.75, 3.05) is 32.8 Å². The Kier molecular flexibility index (Phi) is 4.60. The maximum Gasteiger partial charge on any atom is 0.294 e. The molecule has 0 aliphatic carbocycles. The van der Waals surface area contributed by atoms with E-state index in [0.29, 0.717) is 31.2 Å². The number of imide groups is 1. The number of thioether (sulfide) groups is 1. The number of carbonyl (C=O) groups excluding carboxylic acids is 3. The Morgan fingerprint density at radius 2 is 2.09 bits per heavy atom. The number of morpholine rings is 1. The summed E-state index contributed by atoms with van der Waals surface area (Å²) in [4.78, 5) is 39.4. The zero-order valence-corrected chi connectivity index (χ0v) is 13.3. The third-order valence-corrected chi connectivity index (χ3v) is 4.98. The number of amides is 3. The van der Waals surface area contributed by atoms with Crippen molar-refractivity contribution in [3.8, 4) is 0 Å². The summed E-state index contributed by atoms with van der Waals surface area (Å²) < 4.78 is 5.18. The number of hydrogen-bond acceptors (Lipinski definition) is 6. The first kappa shape index (κ1) is 15.3. The average Bonchev–Trinajstić information content (AvgIpc) is 3.12. The maximum atomic E-state index is 12.3.